The van der Waals surface area contributed by atoms with E-state index in [1.54, 1.807) is 10.9 Å². The molecule has 1 N–H and O–H groups in total. The molecule has 6 nitrogen and oxygen atoms in total. The number of fused-ring (bicyclic) bond motifs is 1. The van der Waals surface area contributed by atoms with Crippen molar-refractivity contribution < 1.29 is 0 Å². The lowest BCUT2D eigenvalue weighted by molar-refractivity contribution is 0.803. The van der Waals surface area contributed by atoms with Crippen LogP contribution < -0.4 is 5.32 Å². The highest BCUT2D eigenvalue weighted by atomic mass is 35.5. The predicted molar refractivity (Wildman–Crippen MR) is 78.8 cm³/mol. The van der Waals surface area contributed by atoms with Gasteiger partial charge in [0.1, 0.15) is 5.82 Å². The molecule has 3 aromatic heterocycles. The first-order chi connectivity index (χ1) is 9.61. The van der Waals surface area contributed by atoms with Crippen molar-refractivity contribution in [2.45, 2.75) is 20.8 Å². The Labute approximate surface area is 121 Å². The summed E-state index contributed by atoms with van der Waals surface area (Å²) in [6.45, 7) is 6.62. The van der Waals surface area contributed by atoms with Gasteiger partial charge in [-0.2, -0.15) is 5.10 Å². The number of imidazole rings is 1. The molecule has 104 valence electrons. The van der Waals surface area contributed by atoms with Crippen LogP contribution in [0.4, 0.5) is 5.82 Å². The zero-order chi connectivity index (χ0) is 14.3. The van der Waals surface area contributed by atoms with E-state index in [1.807, 2.05) is 37.6 Å². The summed E-state index contributed by atoms with van der Waals surface area (Å²) in [7, 11) is 0. The first-order valence-electron chi connectivity index (χ1n) is 6.41. The summed E-state index contributed by atoms with van der Waals surface area (Å²) in [5.74, 6) is 1.44. The van der Waals surface area contributed by atoms with Crippen molar-refractivity contribution in [1.29, 1.82) is 0 Å². The fraction of sp³-hybridized carbons (Fsp3) is 0.308. The van der Waals surface area contributed by atoms with Gasteiger partial charge in [-0.25, -0.2) is 14.6 Å². The number of halogens is 1. The summed E-state index contributed by atoms with van der Waals surface area (Å²) in [5, 5.41) is 8.32. The summed E-state index contributed by atoms with van der Waals surface area (Å²) in [6.07, 6.45) is 5.53. The Hall–Kier alpha value is -2.08. The molecule has 0 bridgehead atoms. The highest BCUT2D eigenvalue weighted by Crippen LogP contribution is 2.24. The second-order valence-corrected chi connectivity index (χ2v) is 4.91. The van der Waals surface area contributed by atoms with E-state index in [1.165, 1.54) is 0 Å². The molecule has 0 aromatic carbocycles. The minimum Gasteiger partial charge on any atom is -0.369 e. The van der Waals surface area contributed by atoms with Gasteiger partial charge >= 0.3 is 0 Å². The molecule has 0 unspecified atom stereocenters. The standard InChI is InChI=1S/C13H15ClN6/c1-4-15-10-7-19-6-5-16-12(19)13(17-10)20-9(3)11(14)8(2)18-20/h5-7,15H,4H2,1-3H3. The molecule has 0 aliphatic heterocycles. The van der Waals surface area contributed by atoms with Gasteiger partial charge in [-0.15, -0.1) is 0 Å². The molecular formula is C13H15ClN6. The van der Waals surface area contributed by atoms with Crippen LogP contribution in [0.1, 0.15) is 18.3 Å². The summed E-state index contributed by atoms with van der Waals surface area (Å²) in [4.78, 5) is 8.94. The van der Waals surface area contributed by atoms with Gasteiger partial charge in [0.2, 0.25) is 0 Å². The van der Waals surface area contributed by atoms with Crippen LogP contribution in [-0.2, 0) is 0 Å². The van der Waals surface area contributed by atoms with Gasteiger partial charge < -0.3 is 9.72 Å². The molecule has 3 aromatic rings. The highest BCUT2D eigenvalue weighted by molar-refractivity contribution is 6.31. The van der Waals surface area contributed by atoms with Crippen molar-refractivity contribution in [2.24, 2.45) is 0 Å². The maximum atomic E-state index is 6.22. The molecule has 3 rings (SSSR count). The molecule has 0 aliphatic carbocycles. The molecule has 0 saturated carbocycles. The summed E-state index contributed by atoms with van der Waals surface area (Å²) < 4.78 is 3.66. The number of aromatic nitrogens is 5. The minimum absolute atomic E-state index is 0.658. The van der Waals surface area contributed by atoms with E-state index in [0.29, 0.717) is 10.8 Å². The quantitative estimate of drug-likeness (QED) is 0.805. The maximum Gasteiger partial charge on any atom is 0.199 e. The van der Waals surface area contributed by atoms with Gasteiger partial charge in [-0.1, -0.05) is 11.6 Å². The summed E-state index contributed by atoms with van der Waals surface area (Å²) >= 11 is 6.22. The largest absolute Gasteiger partial charge is 0.369 e. The van der Waals surface area contributed by atoms with Crippen molar-refractivity contribution in [3.63, 3.8) is 0 Å². The van der Waals surface area contributed by atoms with Crippen LogP contribution in [0.5, 0.6) is 0 Å². The monoisotopic (exact) mass is 290 g/mol. The zero-order valence-corrected chi connectivity index (χ0v) is 12.3. The topological polar surface area (TPSA) is 60.0 Å². The smallest absolute Gasteiger partial charge is 0.199 e. The van der Waals surface area contributed by atoms with Crippen molar-refractivity contribution >= 4 is 23.1 Å². The number of aryl methyl sites for hydroxylation is 1. The molecule has 0 saturated heterocycles. The molecule has 0 atom stereocenters. The van der Waals surface area contributed by atoms with Crippen LogP contribution in [0.25, 0.3) is 11.5 Å². The Balaban J connectivity index is 2.28. The number of nitrogens with one attached hydrogen (secondary N) is 1. The Kier molecular flexibility index (Phi) is 3.10. The molecule has 0 fully saturated rings. The summed E-state index contributed by atoms with van der Waals surface area (Å²) in [5.41, 5.74) is 2.38. The lowest BCUT2D eigenvalue weighted by Gasteiger charge is -2.09. The fourth-order valence-corrected chi connectivity index (χ4v) is 2.27. The zero-order valence-electron chi connectivity index (χ0n) is 11.6. The van der Waals surface area contributed by atoms with E-state index in [-0.39, 0.29) is 0 Å². The van der Waals surface area contributed by atoms with Crippen molar-refractivity contribution in [2.75, 3.05) is 11.9 Å². The predicted octanol–water partition coefficient (Wildman–Crippen LogP) is 2.62. The highest BCUT2D eigenvalue weighted by Gasteiger charge is 2.16. The Morgan fingerprint density at radius 1 is 1.35 bits per heavy atom. The van der Waals surface area contributed by atoms with E-state index in [9.17, 15) is 0 Å². The van der Waals surface area contributed by atoms with Gasteiger partial charge in [0.05, 0.1) is 22.6 Å². The lowest BCUT2D eigenvalue weighted by Crippen LogP contribution is -2.09. The third-order valence-corrected chi connectivity index (χ3v) is 3.66. The van der Waals surface area contributed by atoms with E-state index >= 15 is 0 Å². The maximum absolute atomic E-state index is 6.22. The van der Waals surface area contributed by atoms with Crippen molar-refractivity contribution in [3.8, 4) is 5.82 Å². The summed E-state index contributed by atoms with van der Waals surface area (Å²) in [6, 6.07) is 0. The Morgan fingerprint density at radius 3 is 2.80 bits per heavy atom. The number of hydrogen-bond donors (Lipinski definition) is 1. The Morgan fingerprint density at radius 2 is 2.15 bits per heavy atom. The second kappa shape index (κ2) is 4.79. The fourth-order valence-electron chi connectivity index (χ4n) is 2.15. The van der Waals surface area contributed by atoms with Crippen molar-refractivity contribution in [1.82, 2.24) is 24.1 Å². The molecule has 0 spiro atoms. The molecule has 0 radical (unpaired) electrons. The van der Waals surface area contributed by atoms with Crippen LogP contribution in [0.3, 0.4) is 0 Å². The van der Waals surface area contributed by atoms with Crippen LogP contribution in [-0.4, -0.2) is 30.7 Å². The molecule has 0 aliphatic rings. The van der Waals surface area contributed by atoms with Gasteiger partial charge in [-0.05, 0) is 20.8 Å². The minimum atomic E-state index is 0.658. The van der Waals surface area contributed by atoms with Crippen LogP contribution in [0, 0.1) is 13.8 Å². The molecule has 0 amide bonds. The van der Waals surface area contributed by atoms with Crippen LogP contribution in [0.2, 0.25) is 5.02 Å². The lowest BCUT2D eigenvalue weighted by atomic mass is 10.4. The average Bonchev–Trinajstić information content (AvgIpc) is 2.99. The molecule has 3 heterocycles. The second-order valence-electron chi connectivity index (χ2n) is 4.53. The number of nitrogens with zero attached hydrogens (tertiary/aromatic N) is 5. The van der Waals surface area contributed by atoms with Gasteiger partial charge in [0, 0.05) is 18.9 Å². The van der Waals surface area contributed by atoms with Crippen LogP contribution in [0.15, 0.2) is 18.6 Å². The molecule has 20 heavy (non-hydrogen) atoms. The number of rotatable bonds is 3. The normalized spacial score (nSPS) is 11.2. The number of hydrogen-bond acceptors (Lipinski definition) is 4. The van der Waals surface area contributed by atoms with Gasteiger partial charge in [0.25, 0.3) is 0 Å². The SMILES string of the molecule is CCNc1cn2ccnc2c(-n2nc(C)c(Cl)c2C)n1. The van der Waals surface area contributed by atoms with Crippen molar-refractivity contribution in [3.05, 3.63) is 35.0 Å². The third-order valence-electron chi connectivity index (χ3n) is 3.12. The average molecular weight is 291 g/mol. The molecular weight excluding hydrogens is 276 g/mol. The van der Waals surface area contributed by atoms with E-state index < -0.39 is 0 Å². The Bertz CT molecular complexity index is 773. The van der Waals surface area contributed by atoms with Gasteiger partial charge in [0.15, 0.2) is 11.5 Å². The first kappa shape index (κ1) is 12.9. The third kappa shape index (κ3) is 1.92. The van der Waals surface area contributed by atoms with Crippen LogP contribution >= 0.6 is 11.6 Å². The molecule has 7 heteroatoms. The van der Waals surface area contributed by atoms with E-state index in [2.05, 4.69) is 20.4 Å². The number of anilines is 1. The van der Waals surface area contributed by atoms with E-state index in [4.69, 9.17) is 11.6 Å². The first-order valence-corrected chi connectivity index (χ1v) is 6.79. The van der Waals surface area contributed by atoms with Gasteiger partial charge in [-0.3, -0.25) is 0 Å². The van der Waals surface area contributed by atoms with E-state index in [0.717, 1.165) is 29.4 Å².